The molecule has 0 aliphatic carbocycles. The maximum Gasteiger partial charge on any atom is 0.245 e. The topological polar surface area (TPSA) is 69.6 Å². The van der Waals surface area contributed by atoms with Crippen LogP contribution in [-0.2, 0) is 16.0 Å². The van der Waals surface area contributed by atoms with Crippen molar-refractivity contribution in [2.24, 2.45) is 0 Å². The number of rotatable bonds is 3. The molecule has 7 heteroatoms. The molecule has 1 atom stereocenters. The van der Waals surface area contributed by atoms with Crippen LogP contribution >= 0.6 is 0 Å². The molecule has 0 saturated carbocycles. The maximum absolute atomic E-state index is 13.2. The minimum atomic E-state index is -0.508. The molecule has 2 aliphatic heterocycles. The number of hydrogen-bond donors (Lipinski definition) is 0. The van der Waals surface area contributed by atoms with Crippen molar-refractivity contribution in [2.45, 2.75) is 32.2 Å². The first kappa shape index (κ1) is 18.4. The number of aryl methyl sites for hydroxylation is 1. The van der Waals surface area contributed by atoms with E-state index in [2.05, 4.69) is 20.9 Å². The molecule has 146 valence electrons. The SMILES string of the molecule is CC(C(=O)N1CCN(c2ncccn2)CC1)N1C(=O)CCCc2ccccc21. The van der Waals surface area contributed by atoms with Crippen LogP contribution in [0.5, 0.6) is 0 Å². The fraction of sp³-hybridized carbons (Fsp3) is 0.429. The second-order valence-corrected chi connectivity index (χ2v) is 7.28. The van der Waals surface area contributed by atoms with E-state index in [-0.39, 0.29) is 11.8 Å². The van der Waals surface area contributed by atoms with Gasteiger partial charge >= 0.3 is 0 Å². The lowest BCUT2D eigenvalue weighted by molar-refractivity contribution is -0.134. The van der Waals surface area contributed by atoms with Crippen LogP contribution in [0.3, 0.4) is 0 Å². The summed E-state index contributed by atoms with van der Waals surface area (Å²) in [6, 6.07) is 9.21. The van der Waals surface area contributed by atoms with Gasteiger partial charge in [0, 0.05) is 50.7 Å². The average molecular weight is 379 g/mol. The highest BCUT2D eigenvalue weighted by atomic mass is 16.2. The Morgan fingerprint density at radius 1 is 1.00 bits per heavy atom. The zero-order valence-electron chi connectivity index (χ0n) is 16.1. The van der Waals surface area contributed by atoms with E-state index >= 15 is 0 Å². The van der Waals surface area contributed by atoms with Gasteiger partial charge in [0.15, 0.2) is 0 Å². The minimum Gasteiger partial charge on any atom is -0.337 e. The largest absolute Gasteiger partial charge is 0.337 e. The minimum absolute atomic E-state index is 0.00122. The molecule has 1 fully saturated rings. The van der Waals surface area contributed by atoms with Crippen molar-refractivity contribution in [3.05, 3.63) is 48.3 Å². The van der Waals surface area contributed by atoms with Gasteiger partial charge in [0.2, 0.25) is 17.8 Å². The van der Waals surface area contributed by atoms with Crippen molar-refractivity contribution in [1.82, 2.24) is 14.9 Å². The van der Waals surface area contributed by atoms with Gasteiger partial charge in [0.05, 0.1) is 0 Å². The van der Waals surface area contributed by atoms with Gasteiger partial charge in [-0.1, -0.05) is 18.2 Å². The predicted octanol–water partition coefficient (Wildman–Crippen LogP) is 1.88. The Kier molecular flexibility index (Phi) is 5.23. The molecule has 0 bridgehead atoms. The molecule has 28 heavy (non-hydrogen) atoms. The highest BCUT2D eigenvalue weighted by Gasteiger charge is 2.34. The lowest BCUT2D eigenvalue weighted by atomic mass is 10.1. The number of carbonyl (C=O) groups is 2. The van der Waals surface area contributed by atoms with Gasteiger partial charge in [-0.25, -0.2) is 9.97 Å². The Bertz CT molecular complexity index is 849. The van der Waals surface area contributed by atoms with Crippen molar-refractivity contribution in [2.75, 3.05) is 36.0 Å². The van der Waals surface area contributed by atoms with E-state index in [1.54, 1.807) is 23.4 Å². The van der Waals surface area contributed by atoms with Gasteiger partial charge in [-0.05, 0) is 37.5 Å². The normalized spacial score (nSPS) is 18.5. The van der Waals surface area contributed by atoms with E-state index in [9.17, 15) is 9.59 Å². The van der Waals surface area contributed by atoms with Crippen LogP contribution in [-0.4, -0.2) is 58.9 Å². The van der Waals surface area contributed by atoms with Gasteiger partial charge in [-0.15, -0.1) is 0 Å². The molecule has 4 rings (SSSR count). The number of amides is 2. The summed E-state index contributed by atoms with van der Waals surface area (Å²) in [5.74, 6) is 0.722. The Hall–Kier alpha value is -2.96. The highest BCUT2D eigenvalue weighted by Crippen LogP contribution is 2.29. The third-order valence-electron chi connectivity index (χ3n) is 5.53. The first-order valence-electron chi connectivity index (χ1n) is 9.86. The lowest BCUT2D eigenvalue weighted by Crippen LogP contribution is -2.55. The molecule has 1 saturated heterocycles. The monoisotopic (exact) mass is 379 g/mol. The zero-order valence-corrected chi connectivity index (χ0v) is 16.1. The summed E-state index contributed by atoms with van der Waals surface area (Å²) >= 11 is 0. The third kappa shape index (κ3) is 3.56. The molecular formula is C21H25N5O2. The van der Waals surface area contributed by atoms with Crippen molar-refractivity contribution >= 4 is 23.5 Å². The standard InChI is InChI=1S/C21H25N5O2/c1-16(26-18-8-3-2-6-17(18)7-4-9-19(26)27)20(28)24-12-14-25(15-13-24)21-22-10-5-11-23-21/h2-3,5-6,8,10-11,16H,4,7,9,12-15H2,1H3. The van der Waals surface area contributed by atoms with Crippen LogP contribution in [0, 0.1) is 0 Å². The molecule has 1 aromatic carbocycles. The van der Waals surface area contributed by atoms with E-state index in [4.69, 9.17) is 0 Å². The number of aromatic nitrogens is 2. The molecule has 2 amide bonds. The number of hydrogen-bond acceptors (Lipinski definition) is 5. The first-order valence-corrected chi connectivity index (χ1v) is 9.86. The Morgan fingerprint density at radius 2 is 1.71 bits per heavy atom. The summed E-state index contributed by atoms with van der Waals surface area (Å²) in [7, 11) is 0. The fourth-order valence-corrected chi connectivity index (χ4v) is 4.02. The zero-order chi connectivity index (χ0) is 19.5. The summed E-state index contributed by atoms with van der Waals surface area (Å²) in [5, 5.41) is 0. The summed E-state index contributed by atoms with van der Waals surface area (Å²) in [5.41, 5.74) is 2.02. The van der Waals surface area contributed by atoms with Crippen LogP contribution in [0.25, 0.3) is 0 Å². The highest BCUT2D eigenvalue weighted by molar-refractivity contribution is 6.01. The van der Waals surface area contributed by atoms with Crippen LogP contribution in [0.1, 0.15) is 25.3 Å². The fourth-order valence-electron chi connectivity index (χ4n) is 4.02. The van der Waals surface area contributed by atoms with Gasteiger partial charge < -0.3 is 9.80 Å². The van der Waals surface area contributed by atoms with Crippen molar-refractivity contribution < 1.29 is 9.59 Å². The van der Waals surface area contributed by atoms with Gasteiger partial charge in [-0.2, -0.15) is 0 Å². The average Bonchev–Trinajstić information content (AvgIpc) is 2.91. The van der Waals surface area contributed by atoms with Gasteiger partial charge in [0.1, 0.15) is 6.04 Å². The van der Waals surface area contributed by atoms with E-state index in [1.807, 2.05) is 30.0 Å². The molecular weight excluding hydrogens is 354 g/mol. The van der Waals surface area contributed by atoms with Crippen LogP contribution < -0.4 is 9.80 Å². The van der Waals surface area contributed by atoms with Crippen molar-refractivity contribution in [3.63, 3.8) is 0 Å². The van der Waals surface area contributed by atoms with Crippen LogP contribution in [0.15, 0.2) is 42.7 Å². The van der Waals surface area contributed by atoms with E-state index in [0.717, 1.165) is 24.1 Å². The van der Waals surface area contributed by atoms with Gasteiger partial charge in [0.25, 0.3) is 0 Å². The first-order chi connectivity index (χ1) is 13.6. The summed E-state index contributed by atoms with van der Waals surface area (Å²) in [6.07, 6.45) is 5.62. The number of nitrogens with zero attached hydrogens (tertiary/aromatic N) is 5. The second-order valence-electron chi connectivity index (χ2n) is 7.28. The molecule has 3 heterocycles. The molecule has 1 aromatic heterocycles. The Labute approximate surface area is 165 Å². The maximum atomic E-state index is 13.2. The predicted molar refractivity (Wildman–Crippen MR) is 107 cm³/mol. The molecule has 2 aromatic rings. The van der Waals surface area contributed by atoms with Gasteiger partial charge in [-0.3, -0.25) is 14.5 Å². The Balaban J connectivity index is 1.47. The molecule has 7 nitrogen and oxygen atoms in total. The number of benzene rings is 1. The Morgan fingerprint density at radius 3 is 2.46 bits per heavy atom. The van der Waals surface area contributed by atoms with Crippen molar-refractivity contribution in [3.8, 4) is 0 Å². The quantitative estimate of drug-likeness (QED) is 0.815. The molecule has 2 aliphatic rings. The molecule has 0 radical (unpaired) electrons. The smallest absolute Gasteiger partial charge is 0.245 e. The molecule has 0 N–H and O–H groups in total. The third-order valence-corrected chi connectivity index (χ3v) is 5.53. The number of fused-ring (bicyclic) bond motifs is 1. The number of piperazine rings is 1. The number of para-hydroxylation sites is 1. The van der Waals surface area contributed by atoms with E-state index in [0.29, 0.717) is 38.5 Å². The van der Waals surface area contributed by atoms with Crippen LogP contribution in [0.4, 0.5) is 11.6 Å². The second kappa shape index (κ2) is 7.96. The lowest BCUT2D eigenvalue weighted by Gasteiger charge is -2.38. The van der Waals surface area contributed by atoms with Crippen molar-refractivity contribution in [1.29, 1.82) is 0 Å². The summed E-state index contributed by atoms with van der Waals surface area (Å²) in [4.78, 5) is 40.2. The van der Waals surface area contributed by atoms with E-state index < -0.39 is 6.04 Å². The van der Waals surface area contributed by atoms with E-state index in [1.165, 1.54) is 0 Å². The number of carbonyl (C=O) groups excluding carboxylic acids is 2. The number of anilines is 2. The summed E-state index contributed by atoms with van der Waals surface area (Å²) < 4.78 is 0. The molecule has 0 spiro atoms. The molecule has 1 unspecified atom stereocenters. The summed E-state index contributed by atoms with van der Waals surface area (Å²) in [6.45, 7) is 4.42. The van der Waals surface area contributed by atoms with Crippen LogP contribution in [0.2, 0.25) is 0 Å².